The third-order valence-corrected chi connectivity index (χ3v) is 7.23. The molecule has 5 aromatic rings. The lowest BCUT2D eigenvalue weighted by atomic mass is 9.96. The van der Waals surface area contributed by atoms with Gasteiger partial charge in [0.05, 0.1) is 34.8 Å². The molecule has 0 radical (unpaired) electrons. The molecule has 1 aliphatic rings. The minimum Gasteiger partial charge on any atom is -0.329 e. The van der Waals surface area contributed by atoms with Gasteiger partial charge in [-0.25, -0.2) is 9.37 Å². The van der Waals surface area contributed by atoms with Gasteiger partial charge in [-0.15, -0.1) is 0 Å². The maximum absolute atomic E-state index is 14.7. The van der Waals surface area contributed by atoms with Gasteiger partial charge in [-0.05, 0) is 68.7 Å². The van der Waals surface area contributed by atoms with Crippen LogP contribution in [0.25, 0.3) is 44.3 Å². The van der Waals surface area contributed by atoms with Crippen LogP contribution < -0.4 is 0 Å². The van der Waals surface area contributed by atoms with Crippen molar-refractivity contribution in [1.29, 1.82) is 5.26 Å². The van der Waals surface area contributed by atoms with Gasteiger partial charge in [0.25, 0.3) is 0 Å². The molecule has 0 amide bonds. The minimum atomic E-state index is -0.550. The van der Waals surface area contributed by atoms with Gasteiger partial charge in [0.2, 0.25) is 0 Å². The average Bonchev–Trinajstić information content (AvgIpc) is 3.46. The number of rotatable bonds is 4. The third kappa shape index (κ3) is 3.91. The van der Waals surface area contributed by atoms with Gasteiger partial charge < -0.3 is 9.47 Å². The molecular formula is C28H26FN7. The predicted octanol–water partition coefficient (Wildman–Crippen LogP) is 5.00. The zero-order valence-corrected chi connectivity index (χ0v) is 20.3. The number of hydrogen-bond acceptors (Lipinski definition) is 5. The van der Waals surface area contributed by atoms with Crippen LogP contribution in [0, 0.1) is 23.1 Å². The van der Waals surface area contributed by atoms with Crippen molar-refractivity contribution in [3.8, 4) is 28.5 Å². The largest absolute Gasteiger partial charge is 0.329 e. The maximum atomic E-state index is 14.7. The van der Waals surface area contributed by atoms with E-state index in [0.717, 1.165) is 71.2 Å². The lowest BCUT2D eigenvalue weighted by molar-refractivity contribution is 0.206. The number of piperidine rings is 1. The van der Waals surface area contributed by atoms with Gasteiger partial charge in [-0.2, -0.15) is 10.4 Å². The van der Waals surface area contributed by atoms with Crippen LogP contribution in [0.15, 0.2) is 55.1 Å². The first-order valence-electron chi connectivity index (χ1n) is 12.2. The van der Waals surface area contributed by atoms with Crippen molar-refractivity contribution in [3.05, 3.63) is 66.5 Å². The van der Waals surface area contributed by atoms with Crippen LogP contribution >= 0.6 is 0 Å². The fourth-order valence-corrected chi connectivity index (χ4v) is 5.24. The summed E-state index contributed by atoms with van der Waals surface area (Å²) in [7, 11) is 4.06. The van der Waals surface area contributed by atoms with E-state index in [-0.39, 0.29) is 5.56 Å². The Morgan fingerprint density at radius 1 is 1.06 bits per heavy atom. The molecule has 0 bridgehead atoms. The van der Waals surface area contributed by atoms with Crippen LogP contribution in [-0.4, -0.2) is 49.4 Å². The Hall–Kier alpha value is -4.09. The first-order chi connectivity index (χ1) is 17.5. The molecule has 3 aromatic heterocycles. The summed E-state index contributed by atoms with van der Waals surface area (Å²) < 4.78 is 18.7. The standard InChI is InChI=1S/C28H26FN7/c1-34-9-7-18(8-10-34)15-36-17-32-28-25(36)14-31-27(20-5-6-24-22(11-20)16-35(2)33-24)26(28)19-3-4-21(13-30)23(29)12-19/h3-6,11-12,14,16-18H,7-10,15H2,1-2H3. The zero-order valence-electron chi connectivity index (χ0n) is 20.3. The number of hydrogen-bond donors (Lipinski definition) is 0. The highest BCUT2D eigenvalue weighted by Gasteiger charge is 2.22. The van der Waals surface area contributed by atoms with E-state index in [1.54, 1.807) is 10.7 Å². The van der Waals surface area contributed by atoms with E-state index in [4.69, 9.17) is 9.97 Å². The molecule has 6 rings (SSSR count). The molecule has 2 aromatic carbocycles. The molecule has 0 spiro atoms. The highest BCUT2D eigenvalue weighted by molar-refractivity contribution is 6.00. The molecule has 7 nitrogen and oxygen atoms in total. The molecule has 1 fully saturated rings. The second-order valence-electron chi connectivity index (χ2n) is 9.74. The van der Waals surface area contributed by atoms with Crippen molar-refractivity contribution in [1.82, 2.24) is 29.2 Å². The van der Waals surface area contributed by atoms with Gasteiger partial charge in [-0.1, -0.05) is 12.1 Å². The highest BCUT2D eigenvalue weighted by atomic mass is 19.1. The first-order valence-corrected chi connectivity index (χ1v) is 12.2. The van der Waals surface area contributed by atoms with Gasteiger partial charge >= 0.3 is 0 Å². The summed E-state index contributed by atoms with van der Waals surface area (Å²) in [5.41, 5.74) is 5.67. The van der Waals surface area contributed by atoms with E-state index >= 15 is 0 Å². The Bertz CT molecular complexity index is 1630. The molecule has 0 saturated carbocycles. The lowest BCUT2D eigenvalue weighted by Gasteiger charge is -2.29. The number of fused-ring (bicyclic) bond motifs is 2. The van der Waals surface area contributed by atoms with Crippen LogP contribution in [0.1, 0.15) is 18.4 Å². The Labute approximate surface area is 208 Å². The molecule has 180 valence electrons. The summed E-state index contributed by atoms with van der Waals surface area (Å²) in [5, 5.41) is 14.7. The zero-order chi connectivity index (χ0) is 24.8. The maximum Gasteiger partial charge on any atom is 0.141 e. The van der Waals surface area contributed by atoms with Crippen molar-refractivity contribution >= 4 is 21.9 Å². The Balaban J connectivity index is 1.51. The van der Waals surface area contributed by atoms with E-state index in [1.807, 2.05) is 44.0 Å². The second kappa shape index (κ2) is 8.85. The predicted molar refractivity (Wildman–Crippen MR) is 138 cm³/mol. The topological polar surface area (TPSA) is 75.6 Å². The summed E-state index contributed by atoms with van der Waals surface area (Å²) in [6.07, 6.45) is 8.03. The van der Waals surface area contributed by atoms with Crippen molar-refractivity contribution in [2.45, 2.75) is 19.4 Å². The summed E-state index contributed by atoms with van der Waals surface area (Å²) in [6.45, 7) is 3.09. The fraction of sp³-hybridized carbons (Fsp3) is 0.286. The Morgan fingerprint density at radius 3 is 2.64 bits per heavy atom. The van der Waals surface area contributed by atoms with Crippen LogP contribution in [0.2, 0.25) is 0 Å². The highest BCUT2D eigenvalue weighted by Crippen LogP contribution is 2.37. The third-order valence-electron chi connectivity index (χ3n) is 7.23. The Kier molecular flexibility index (Phi) is 5.50. The fourth-order valence-electron chi connectivity index (χ4n) is 5.24. The number of nitrogens with zero attached hydrogens (tertiary/aromatic N) is 7. The molecule has 4 heterocycles. The number of likely N-dealkylation sites (tertiary alicyclic amines) is 1. The number of halogens is 1. The van der Waals surface area contributed by atoms with Crippen LogP contribution in [0.5, 0.6) is 0 Å². The average molecular weight is 480 g/mol. The van der Waals surface area contributed by atoms with E-state index in [0.29, 0.717) is 11.5 Å². The molecular weight excluding hydrogens is 453 g/mol. The second-order valence-corrected chi connectivity index (χ2v) is 9.74. The molecule has 1 aliphatic heterocycles. The van der Waals surface area contributed by atoms with E-state index in [1.165, 1.54) is 12.1 Å². The number of pyridine rings is 1. The first kappa shape index (κ1) is 22.4. The molecule has 1 saturated heterocycles. The molecule has 0 N–H and O–H groups in total. The van der Waals surface area contributed by atoms with Crippen LogP contribution in [0.4, 0.5) is 4.39 Å². The molecule has 8 heteroatoms. The smallest absolute Gasteiger partial charge is 0.141 e. The summed E-state index contributed by atoms with van der Waals surface area (Å²) in [5.74, 6) is 0.0356. The number of aryl methyl sites for hydroxylation is 1. The molecule has 0 aliphatic carbocycles. The Morgan fingerprint density at radius 2 is 1.86 bits per heavy atom. The van der Waals surface area contributed by atoms with Gasteiger partial charge in [0, 0.05) is 36.3 Å². The summed E-state index contributed by atoms with van der Waals surface area (Å²) >= 11 is 0. The minimum absolute atomic E-state index is 0.0185. The van der Waals surface area contributed by atoms with Crippen molar-refractivity contribution < 1.29 is 4.39 Å². The summed E-state index contributed by atoms with van der Waals surface area (Å²) in [4.78, 5) is 12.1. The number of aromatic nitrogens is 5. The number of nitriles is 1. The SMILES string of the molecule is CN1CCC(Cn2cnc3c(-c4ccc(C#N)c(F)c4)c(-c4ccc5nn(C)cc5c4)ncc32)CC1. The van der Waals surface area contributed by atoms with Gasteiger partial charge in [0.15, 0.2) is 0 Å². The number of imidazole rings is 1. The molecule has 0 atom stereocenters. The van der Waals surface area contributed by atoms with E-state index in [2.05, 4.69) is 27.7 Å². The van der Waals surface area contributed by atoms with Gasteiger partial charge in [-0.3, -0.25) is 9.67 Å². The van der Waals surface area contributed by atoms with Gasteiger partial charge in [0.1, 0.15) is 17.4 Å². The van der Waals surface area contributed by atoms with Crippen LogP contribution in [0.3, 0.4) is 0 Å². The number of benzene rings is 2. The molecule has 36 heavy (non-hydrogen) atoms. The van der Waals surface area contributed by atoms with Crippen molar-refractivity contribution in [2.75, 3.05) is 20.1 Å². The van der Waals surface area contributed by atoms with Crippen molar-refractivity contribution in [3.63, 3.8) is 0 Å². The van der Waals surface area contributed by atoms with E-state index < -0.39 is 5.82 Å². The quantitative estimate of drug-likeness (QED) is 0.362. The normalized spacial score (nSPS) is 15.1. The van der Waals surface area contributed by atoms with Crippen molar-refractivity contribution in [2.24, 2.45) is 13.0 Å². The van der Waals surface area contributed by atoms with Crippen LogP contribution in [-0.2, 0) is 13.6 Å². The summed E-state index contributed by atoms with van der Waals surface area (Å²) in [6, 6.07) is 12.6. The lowest BCUT2D eigenvalue weighted by Crippen LogP contribution is -2.31. The monoisotopic (exact) mass is 479 g/mol. The molecule has 0 unspecified atom stereocenters. The van der Waals surface area contributed by atoms with E-state index in [9.17, 15) is 9.65 Å².